The summed E-state index contributed by atoms with van der Waals surface area (Å²) in [5, 5.41) is 6.91. The zero-order valence-electron chi connectivity index (χ0n) is 14.2. The molecule has 1 heterocycles. The standard InChI is InChI=1S/C19H19ClN2O2S/c1-11-4-6-14(20)10-16(11)21-19-22-18(23)17(25-19)9-13-5-7-15(24-3)8-12(13)2/h4-10,19,21H,1-3H3,(H,22,23)/b17-9-. The molecule has 2 N–H and O–H groups in total. The Hall–Kier alpha value is -2.11. The molecule has 1 atom stereocenters. The molecule has 1 fully saturated rings. The molecule has 2 aromatic carbocycles. The third kappa shape index (κ3) is 4.11. The molecular weight excluding hydrogens is 356 g/mol. The summed E-state index contributed by atoms with van der Waals surface area (Å²) in [4.78, 5) is 12.9. The smallest absolute Gasteiger partial charge is 0.260 e. The summed E-state index contributed by atoms with van der Waals surface area (Å²) in [5.41, 5.74) is 3.81. The Morgan fingerprint density at radius 3 is 2.72 bits per heavy atom. The summed E-state index contributed by atoms with van der Waals surface area (Å²) in [6.07, 6.45) is 1.90. The fourth-order valence-electron chi connectivity index (χ4n) is 2.53. The van der Waals surface area contributed by atoms with Crippen LogP contribution in [0, 0.1) is 13.8 Å². The van der Waals surface area contributed by atoms with E-state index in [1.807, 2.05) is 56.3 Å². The van der Waals surface area contributed by atoms with Gasteiger partial charge in [0.2, 0.25) is 0 Å². The lowest BCUT2D eigenvalue weighted by Gasteiger charge is -2.15. The van der Waals surface area contributed by atoms with Gasteiger partial charge in [0.15, 0.2) is 5.50 Å². The highest BCUT2D eigenvalue weighted by atomic mass is 35.5. The van der Waals surface area contributed by atoms with Crippen molar-refractivity contribution in [2.45, 2.75) is 19.3 Å². The van der Waals surface area contributed by atoms with Crippen molar-refractivity contribution in [3.05, 3.63) is 63.0 Å². The van der Waals surface area contributed by atoms with Crippen molar-refractivity contribution in [2.24, 2.45) is 0 Å². The van der Waals surface area contributed by atoms with E-state index >= 15 is 0 Å². The Kier molecular flexibility index (Phi) is 5.25. The molecule has 1 aliphatic rings. The predicted octanol–water partition coefficient (Wildman–Crippen LogP) is 4.57. The number of methoxy groups -OCH3 is 1. The number of benzene rings is 2. The Morgan fingerprint density at radius 2 is 2.00 bits per heavy atom. The van der Waals surface area contributed by atoms with Crippen LogP contribution in [0.3, 0.4) is 0 Å². The molecule has 0 bridgehead atoms. The summed E-state index contributed by atoms with van der Waals surface area (Å²) in [6, 6.07) is 11.5. The molecule has 25 heavy (non-hydrogen) atoms. The van der Waals surface area contributed by atoms with Crippen LogP contribution in [0.2, 0.25) is 5.02 Å². The third-order valence-electron chi connectivity index (χ3n) is 3.98. The molecule has 3 rings (SSSR count). The van der Waals surface area contributed by atoms with Crippen LogP contribution in [0.5, 0.6) is 5.75 Å². The van der Waals surface area contributed by atoms with E-state index in [0.717, 1.165) is 28.1 Å². The number of carbonyl (C=O) groups is 1. The van der Waals surface area contributed by atoms with Gasteiger partial charge in [0, 0.05) is 10.7 Å². The van der Waals surface area contributed by atoms with E-state index in [1.165, 1.54) is 11.8 Å². The molecule has 2 aromatic rings. The van der Waals surface area contributed by atoms with Crippen molar-refractivity contribution < 1.29 is 9.53 Å². The number of amides is 1. The third-order valence-corrected chi connectivity index (χ3v) is 5.24. The molecule has 0 spiro atoms. The molecule has 1 unspecified atom stereocenters. The molecular formula is C19H19ClN2O2S. The minimum atomic E-state index is -0.227. The van der Waals surface area contributed by atoms with Crippen molar-refractivity contribution in [3.8, 4) is 5.75 Å². The SMILES string of the molecule is COc1ccc(/C=C2\SC(Nc3cc(Cl)ccc3C)NC2=O)c(C)c1. The Balaban J connectivity index is 1.77. The molecule has 0 aliphatic carbocycles. The van der Waals surface area contributed by atoms with Crippen LogP contribution < -0.4 is 15.4 Å². The average molecular weight is 375 g/mol. The number of thioether (sulfide) groups is 1. The molecule has 0 aromatic heterocycles. The lowest BCUT2D eigenvalue weighted by atomic mass is 10.1. The quantitative estimate of drug-likeness (QED) is 0.770. The van der Waals surface area contributed by atoms with Crippen molar-refractivity contribution >= 4 is 41.0 Å². The van der Waals surface area contributed by atoms with Crippen LogP contribution in [0.1, 0.15) is 16.7 Å². The van der Waals surface area contributed by atoms with Gasteiger partial charge in [-0.05, 0) is 60.9 Å². The van der Waals surface area contributed by atoms with Crippen LogP contribution in [-0.4, -0.2) is 18.5 Å². The highest BCUT2D eigenvalue weighted by Gasteiger charge is 2.27. The second-order valence-corrected chi connectivity index (χ2v) is 7.39. The fourth-order valence-corrected chi connectivity index (χ4v) is 3.67. The first-order valence-electron chi connectivity index (χ1n) is 7.83. The maximum absolute atomic E-state index is 12.3. The highest BCUT2D eigenvalue weighted by Crippen LogP contribution is 2.32. The number of ether oxygens (including phenoxy) is 1. The lowest BCUT2D eigenvalue weighted by Crippen LogP contribution is -2.31. The fraction of sp³-hybridized carbons (Fsp3) is 0.211. The second-order valence-electron chi connectivity index (χ2n) is 5.81. The van der Waals surface area contributed by atoms with Gasteiger partial charge in [-0.25, -0.2) is 0 Å². The number of rotatable bonds is 4. The van der Waals surface area contributed by atoms with E-state index in [2.05, 4.69) is 10.6 Å². The normalized spacial score (nSPS) is 18.3. The van der Waals surface area contributed by atoms with Crippen LogP contribution in [0.25, 0.3) is 6.08 Å². The van der Waals surface area contributed by atoms with E-state index in [9.17, 15) is 4.79 Å². The summed E-state index contributed by atoms with van der Waals surface area (Å²) < 4.78 is 5.22. The van der Waals surface area contributed by atoms with E-state index in [4.69, 9.17) is 16.3 Å². The van der Waals surface area contributed by atoms with Gasteiger partial charge in [0.05, 0.1) is 12.0 Å². The van der Waals surface area contributed by atoms with Gasteiger partial charge in [-0.3, -0.25) is 4.79 Å². The first-order chi connectivity index (χ1) is 12.0. The molecule has 6 heteroatoms. The van der Waals surface area contributed by atoms with Gasteiger partial charge in [-0.1, -0.05) is 35.5 Å². The topological polar surface area (TPSA) is 50.4 Å². The minimum absolute atomic E-state index is 0.0857. The number of carbonyl (C=O) groups excluding carboxylic acids is 1. The summed E-state index contributed by atoms with van der Waals surface area (Å²) in [5.74, 6) is 0.719. The minimum Gasteiger partial charge on any atom is -0.497 e. The largest absolute Gasteiger partial charge is 0.497 e. The molecule has 130 valence electrons. The van der Waals surface area contributed by atoms with Crippen LogP contribution in [0.4, 0.5) is 5.69 Å². The molecule has 1 aliphatic heterocycles. The molecule has 4 nitrogen and oxygen atoms in total. The van der Waals surface area contributed by atoms with Gasteiger partial charge in [0.1, 0.15) is 5.75 Å². The van der Waals surface area contributed by atoms with Gasteiger partial charge < -0.3 is 15.4 Å². The van der Waals surface area contributed by atoms with Gasteiger partial charge in [-0.2, -0.15) is 0 Å². The second kappa shape index (κ2) is 7.42. The number of aryl methyl sites for hydroxylation is 2. The summed E-state index contributed by atoms with van der Waals surface area (Å²) >= 11 is 7.51. The zero-order chi connectivity index (χ0) is 18.0. The predicted molar refractivity (Wildman–Crippen MR) is 105 cm³/mol. The summed E-state index contributed by atoms with van der Waals surface area (Å²) in [6.45, 7) is 4.00. The van der Waals surface area contributed by atoms with Crippen molar-refractivity contribution in [3.63, 3.8) is 0 Å². The van der Waals surface area contributed by atoms with Gasteiger partial charge >= 0.3 is 0 Å². The molecule has 1 saturated heterocycles. The number of hydrogen-bond acceptors (Lipinski definition) is 4. The Morgan fingerprint density at radius 1 is 1.20 bits per heavy atom. The maximum Gasteiger partial charge on any atom is 0.260 e. The molecule has 1 amide bonds. The molecule has 0 radical (unpaired) electrons. The number of hydrogen-bond donors (Lipinski definition) is 2. The van der Waals surface area contributed by atoms with E-state index in [0.29, 0.717) is 9.93 Å². The first-order valence-corrected chi connectivity index (χ1v) is 9.08. The van der Waals surface area contributed by atoms with Crippen molar-refractivity contribution in [1.29, 1.82) is 0 Å². The summed E-state index contributed by atoms with van der Waals surface area (Å²) in [7, 11) is 1.64. The van der Waals surface area contributed by atoms with Crippen molar-refractivity contribution in [2.75, 3.05) is 12.4 Å². The highest BCUT2D eigenvalue weighted by molar-refractivity contribution is 8.05. The van der Waals surface area contributed by atoms with Gasteiger partial charge in [0.25, 0.3) is 5.91 Å². The number of nitrogens with one attached hydrogen (secondary N) is 2. The number of halogens is 1. The van der Waals surface area contributed by atoms with Gasteiger partial charge in [-0.15, -0.1) is 0 Å². The number of anilines is 1. The van der Waals surface area contributed by atoms with E-state index < -0.39 is 0 Å². The van der Waals surface area contributed by atoms with Crippen LogP contribution in [-0.2, 0) is 4.79 Å². The Bertz CT molecular complexity index is 851. The lowest BCUT2D eigenvalue weighted by molar-refractivity contribution is -0.116. The van der Waals surface area contributed by atoms with E-state index in [-0.39, 0.29) is 11.4 Å². The van der Waals surface area contributed by atoms with Crippen LogP contribution >= 0.6 is 23.4 Å². The van der Waals surface area contributed by atoms with Crippen molar-refractivity contribution in [1.82, 2.24) is 5.32 Å². The van der Waals surface area contributed by atoms with E-state index in [1.54, 1.807) is 7.11 Å². The first kappa shape index (κ1) is 17.7. The average Bonchev–Trinajstić information content (AvgIpc) is 2.92. The van der Waals surface area contributed by atoms with Crippen LogP contribution in [0.15, 0.2) is 41.3 Å². The zero-order valence-corrected chi connectivity index (χ0v) is 15.8. The monoisotopic (exact) mass is 374 g/mol. The maximum atomic E-state index is 12.3. The molecule has 0 saturated carbocycles. The Labute approximate surface area is 156 Å².